The molecule has 0 saturated heterocycles. The number of ether oxygens (including phenoxy) is 1. The highest BCUT2D eigenvalue weighted by Crippen LogP contribution is 2.07. The summed E-state index contributed by atoms with van der Waals surface area (Å²) >= 11 is 0. The summed E-state index contributed by atoms with van der Waals surface area (Å²) in [6, 6.07) is 5.07. The molecular weight excluding hydrogens is 270 g/mol. The lowest BCUT2D eigenvalue weighted by Crippen LogP contribution is -2.24. The molecule has 0 spiro atoms. The quantitative estimate of drug-likeness (QED) is 0.879. The smallest absolute Gasteiger partial charge is 0.253 e. The van der Waals surface area contributed by atoms with Gasteiger partial charge in [-0.3, -0.25) is 4.79 Å². The summed E-state index contributed by atoms with van der Waals surface area (Å²) in [7, 11) is 5.25. The summed E-state index contributed by atoms with van der Waals surface area (Å²) in [5.41, 5.74) is 1.21. The second-order valence-corrected chi connectivity index (χ2v) is 4.51. The molecular formula is C14H17N5O2. The predicted octanol–water partition coefficient (Wildman–Crippen LogP) is 0.876. The van der Waals surface area contributed by atoms with Gasteiger partial charge in [0.15, 0.2) is 0 Å². The number of carbonyl (C=O) groups is 1. The third-order valence-corrected chi connectivity index (χ3v) is 2.74. The van der Waals surface area contributed by atoms with Gasteiger partial charge in [-0.2, -0.15) is 0 Å². The fraction of sp³-hybridized carbons (Fsp3) is 0.286. The maximum Gasteiger partial charge on any atom is 0.253 e. The molecule has 2 heterocycles. The van der Waals surface area contributed by atoms with E-state index in [4.69, 9.17) is 4.74 Å². The molecule has 1 amide bonds. The minimum Gasteiger partial charge on any atom is -0.481 e. The van der Waals surface area contributed by atoms with Gasteiger partial charge in [0.25, 0.3) is 5.91 Å². The average molecular weight is 287 g/mol. The summed E-state index contributed by atoms with van der Waals surface area (Å²) < 4.78 is 4.95. The van der Waals surface area contributed by atoms with Crippen LogP contribution in [0.3, 0.4) is 0 Å². The average Bonchev–Trinajstić information content (AvgIpc) is 2.53. The van der Waals surface area contributed by atoms with E-state index in [9.17, 15) is 4.79 Å². The van der Waals surface area contributed by atoms with Gasteiger partial charge in [-0.1, -0.05) is 0 Å². The molecule has 0 unspecified atom stereocenters. The minimum absolute atomic E-state index is 0.213. The highest BCUT2D eigenvalue weighted by molar-refractivity contribution is 5.93. The van der Waals surface area contributed by atoms with E-state index in [1.54, 1.807) is 29.3 Å². The molecule has 2 aromatic heterocycles. The molecule has 110 valence electrons. The van der Waals surface area contributed by atoms with Gasteiger partial charge in [0.05, 0.1) is 24.9 Å². The van der Waals surface area contributed by atoms with Crippen LogP contribution in [0, 0.1) is 0 Å². The Morgan fingerprint density at radius 3 is 2.71 bits per heavy atom. The SMILES string of the molecule is COc1ccc(C(=O)NCc2ccnc(N(C)C)n2)cn1. The molecule has 0 saturated carbocycles. The Hall–Kier alpha value is -2.70. The van der Waals surface area contributed by atoms with Crippen LogP contribution in [-0.2, 0) is 6.54 Å². The van der Waals surface area contributed by atoms with Gasteiger partial charge in [0.1, 0.15) is 0 Å². The Bertz CT molecular complexity index is 613. The first-order valence-electron chi connectivity index (χ1n) is 6.37. The zero-order valence-electron chi connectivity index (χ0n) is 12.2. The largest absolute Gasteiger partial charge is 0.481 e. The van der Waals surface area contributed by atoms with Crippen LogP contribution >= 0.6 is 0 Å². The summed E-state index contributed by atoms with van der Waals surface area (Å²) in [6.07, 6.45) is 3.14. The lowest BCUT2D eigenvalue weighted by Gasteiger charge is -2.11. The molecule has 0 aliphatic rings. The molecule has 0 bridgehead atoms. The van der Waals surface area contributed by atoms with E-state index in [1.807, 2.05) is 14.1 Å². The molecule has 0 fully saturated rings. The molecule has 0 radical (unpaired) electrons. The number of carbonyl (C=O) groups excluding carboxylic acids is 1. The van der Waals surface area contributed by atoms with Gasteiger partial charge in [-0.25, -0.2) is 15.0 Å². The number of rotatable bonds is 5. The lowest BCUT2D eigenvalue weighted by atomic mass is 10.2. The maximum atomic E-state index is 12.0. The van der Waals surface area contributed by atoms with E-state index in [2.05, 4.69) is 20.3 Å². The number of pyridine rings is 1. The maximum absolute atomic E-state index is 12.0. The van der Waals surface area contributed by atoms with Crippen LogP contribution in [0.4, 0.5) is 5.95 Å². The van der Waals surface area contributed by atoms with E-state index in [-0.39, 0.29) is 5.91 Å². The molecule has 0 aliphatic heterocycles. The van der Waals surface area contributed by atoms with Crippen LogP contribution < -0.4 is 15.0 Å². The highest BCUT2D eigenvalue weighted by atomic mass is 16.5. The van der Waals surface area contributed by atoms with Gasteiger partial charge < -0.3 is 15.0 Å². The van der Waals surface area contributed by atoms with Gasteiger partial charge in [-0.15, -0.1) is 0 Å². The molecule has 0 aliphatic carbocycles. The standard InChI is InChI=1S/C14H17N5O2/c1-19(2)14-15-7-6-11(18-14)9-17-13(20)10-4-5-12(21-3)16-8-10/h4-8H,9H2,1-3H3,(H,17,20). The molecule has 21 heavy (non-hydrogen) atoms. The highest BCUT2D eigenvalue weighted by Gasteiger charge is 2.07. The van der Waals surface area contributed by atoms with Crippen LogP contribution in [-0.4, -0.2) is 42.1 Å². The minimum atomic E-state index is -0.213. The number of aromatic nitrogens is 3. The number of anilines is 1. The second-order valence-electron chi connectivity index (χ2n) is 4.51. The van der Waals surface area contributed by atoms with Gasteiger partial charge in [0, 0.05) is 32.6 Å². The Morgan fingerprint density at radius 1 is 1.29 bits per heavy atom. The Kier molecular flexibility index (Phi) is 4.65. The van der Waals surface area contributed by atoms with E-state index in [0.717, 1.165) is 5.69 Å². The van der Waals surface area contributed by atoms with Crippen molar-refractivity contribution in [3.8, 4) is 5.88 Å². The monoisotopic (exact) mass is 287 g/mol. The van der Waals surface area contributed by atoms with E-state index in [0.29, 0.717) is 23.9 Å². The lowest BCUT2D eigenvalue weighted by molar-refractivity contribution is 0.0950. The third kappa shape index (κ3) is 3.88. The van der Waals surface area contributed by atoms with Gasteiger partial charge in [-0.05, 0) is 12.1 Å². The second kappa shape index (κ2) is 6.65. The molecule has 0 atom stereocenters. The van der Waals surface area contributed by atoms with Crippen LogP contribution in [0.15, 0.2) is 30.6 Å². The number of methoxy groups -OCH3 is 1. The van der Waals surface area contributed by atoms with E-state index < -0.39 is 0 Å². The molecule has 7 heteroatoms. The Balaban J connectivity index is 1.98. The van der Waals surface area contributed by atoms with Crippen LogP contribution in [0.5, 0.6) is 5.88 Å². The van der Waals surface area contributed by atoms with Gasteiger partial charge in [0.2, 0.25) is 11.8 Å². The molecule has 7 nitrogen and oxygen atoms in total. The third-order valence-electron chi connectivity index (χ3n) is 2.74. The predicted molar refractivity (Wildman–Crippen MR) is 78.3 cm³/mol. The molecule has 0 aromatic carbocycles. The number of hydrogen-bond donors (Lipinski definition) is 1. The number of amides is 1. The van der Waals surface area contributed by atoms with Crippen molar-refractivity contribution >= 4 is 11.9 Å². The van der Waals surface area contributed by atoms with Crippen molar-refractivity contribution in [1.29, 1.82) is 0 Å². The number of nitrogens with zero attached hydrogens (tertiary/aromatic N) is 4. The summed E-state index contributed by atoms with van der Waals surface area (Å²) in [5, 5.41) is 2.79. The Morgan fingerprint density at radius 2 is 2.10 bits per heavy atom. The van der Waals surface area contributed by atoms with E-state index >= 15 is 0 Å². The van der Waals surface area contributed by atoms with Crippen molar-refractivity contribution in [3.63, 3.8) is 0 Å². The first kappa shape index (κ1) is 14.7. The molecule has 1 N–H and O–H groups in total. The summed E-state index contributed by atoms with van der Waals surface area (Å²) in [5.74, 6) is 0.862. The van der Waals surface area contributed by atoms with Crippen molar-refractivity contribution in [3.05, 3.63) is 41.9 Å². The zero-order chi connectivity index (χ0) is 15.2. The van der Waals surface area contributed by atoms with Crippen molar-refractivity contribution < 1.29 is 9.53 Å². The summed E-state index contributed by atoms with van der Waals surface area (Å²) in [4.78, 5) is 26.2. The first-order chi connectivity index (χ1) is 10.1. The number of hydrogen-bond acceptors (Lipinski definition) is 6. The fourth-order valence-electron chi connectivity index (χ4n) is 1.61. The van der Waals surface area contributed by atoms with Crippen molar-refractivity contribution in [2.45, 2.75) is 6.54 Å². The Labute approximate surface area is 123 Å². The van der Waals surface area contributed by atoms with Crippen LogP contribution in [0.2, 0.25) is 0 Å². The number of nitrogens with one attached hydrogen (secondary N) is 1. The van der Waals surface area contributed by atoms with Crippen LogP contribution in [0.1, 0.15) is 16.1 Å². The summed E-state index contributed by atoms with van der Waals surface area (Å²) in [6.45, 7) is 0.328. The fourth-order valence-corrected chi connectivity index (χ4v) is 1.61. The molecule has 2 aromatic rings. The van der Waals surface area contributed by atoms with Crippen molar-refractivity contribution in [1.82, 2.24) is 20.3 Å². The normalized spacial score (nSPS) is 10.0. The topological polar surface area (TPSA) is 80.2 Å². The van der Waals surface area contributed by atoms with E-state index in [1.165, 1.54) is 13.3 Å². The van der Waals surface area contributed by atoms with Crippen molar-refractivity contribution in [2.24, 2.45) is 0 Å². The molecule has 2 rings (SSSR count). The van der Waals surface area contributed by atoms with Crippen LogP contribution in [0.25, 0.3) is 0 Å². The zero-order valence-corrected chi connectivity index (χ0v) is 12.2. The van der Waals surface area contributed by atoms with Gasteiger partial charge >= 0.3 is 0 Å². The van der Waals surface area contributed by atoms with Crippen molar-refractivity contribution in [2.75, 3.05) is 26.1 Å². The first-order valence-corrected chi connectivity index (χ1v) is 6.37.